The molecular weight excluding hydrogens is 120 g/mol. The molecule has 1 saturated heterocycles. The van der Waals surface area contributed by atoms with Crippen LogP contribution in [0.1, 0.15) is 13.3 Å². The van der Waals surface area contributed by atoms with Crippen molar-refractivity contribution < 1.29 is 14.9 Å². The third kappa shape index (κ3) is 1.41. The van der Waals surface area contributed by atoms with E-state index in [-0.39, 0.29) is 6.10 Å². The highest BCUT2D eigenvalue weighted by Gasteiger charge is 2.27. The zero-order chi connectivity index (χ0) is 6.85. The molecule has 0 aromatic rings. The SMILES string of the molecule is CC1O[CH]CC(O)C1O. The highest BCUT2D eigenvalue weighted by Crippen LogP contribution is 2.16. The van der Waals surface area contributed by atoms with Crippen LogP contribution in [-0.2, 0) is 4.74 Å². The molecule has 3 atom stereocenters. The van der Waals surface area contributed by atoms with Gasteiger partial charge in [-0.05, 0) is 6.92 Å². The van der Waals surface area contributed by atoms with E-state index >= 15 is 0 Å². The van der Waals surface area contributed by atoms with Crippen molar-refractivity contribution in [1.29, 1.82) is 0 Å². The lowest BCUT2D eigenvalue weighted by molar-refractivity contribution is -0.103. The van der Waals surface area contributed by atoms with Gasteiger partial charge in [-0.15, -0.1) is 0 Å². The Morgan fingerprint density at radius 2 is 2.22 bits per heavy atom. The van der Waals surface area contributed by atoms with Gasteiger partial charge in [-0.3, -0.25) is 0 Å². The number of aliphatic hydroxyl groups excluding tert-OH is 2. The van der Waals surface area contributed by atoms with Crippen LogP contribution in [0.5, 0.6) is 0 Å². The number of aliphatic hydroxyl groups is 2. The Morgan fingerprint density at radius 1 is 1.56 bits per heavy atom. The minimum absolute atomic E-state index is 0.270. The predicted molar refractivity (Wildman–Crippen MR) is 31.5 cm³/mol. The Balaban J connectivity index is 2.41. The summed E-state index contributed by atoms with van der Waals surface area (Å²) in [4.78, 5) is 0. The van der Waals surface area contributed by atoms with Crippen molar-refractivity contribution >= 4 is 0 Å². The first kappa shape index (κ1) is 6.99. The number of ether oxygens (including phenoxy) is 1. The molecule has 0 saturated carbocycles. The van der Waals surface area contributed by atoms with Gasteiger partial charge in [-0.1, -0.05) is 0 Å². The largest absolute Gasteiger partial charge is 0.390 e. The molecule has 3 nitrogen and oxygen atoms in total. The van der Waals surface area contributed by atoms with Crippen LogP contribution in [0.3, 0.4) is 0 Å². The van der Waals surface area contributed by atoms with E-state index in [1.54, 1.807) is 6.92 Å². The van der Waals surface area contributed by atoms with Crippen molar-refractivity contribution in [3.63, 3.8) is 0 Å². The molecule has 1 radical (unpaired) electrons. The molecule has 2 N–H and O–H groups in total. The molecular formula is C6H11O3. The van der Waals surface area contributed by atoms with Gasteiger partial charge < -0.3 is 14.9 Å². The Bertz CT molecular complexity index is 84.3. The molecule has 0 aromatic carbocycles. The summed E-state index contributed by atoms with van der Waals surface area (Å²) in [6.45, 7) is 3.26. The van der Waals surface area contributed by atoms with Gasteiger partial charge in [-0.25, -0.2) is 0 Å². The van der Waals surface area contributed by atoms with Gasteiger partial charge in [0.1, 0.15) is 6.10 Å². The normalized spacial score (nSPS) is 45.0. The molecule has 0 aromatic heterocycles. The molecule has 0 aliphatic carbocycles. The van der Waals surface area contributed by atoms with E-state index in [9.17, 15) is 0 Å². The van der Waals surface area contributed by atoms with Crippen molar-refractivity contribution in [2.75, 3.05) is 0 Å². The standard InChI is InChI=1S/C6H11O3/c1-4-6(8)5(7)2-3-9-4/h3-8H,2H2,1H3. The van der Waals surface area contributed by atoms with Crippen molar-refractivity contribution in [3.8, 4) is 0 Å². The topological polar surface area (TPSA) is 49.7 Å². The Kier molecular flexibility index (Phi) is 2.05. The average Bonchev–Trinajstić information content (AvgIpc) is 1.83. The van der Waals surface area contributed by atoms with Crippen LogP contribution in [-0.4, -0.2) is 28.5 Å². The van der Waals surface area contributed by atoms with E-state index < -0.39 is 12.2 Å². The third-order valence-electron chi connectivity index (χ3n) is 1.52. The lowest BCUT2D eigenvalue weighted by atomic mass is 10.0. The summed E-state index contributed by atoms with van der Waals surface area (Å²) in [6.07, 6.45) is -1.22. The fourth-order valence-electron chi connectivity index (χ4n) is 0.839. The van der Waals surface area contributed by atoms with Gasteiger partial charge in [0.2, 0.25) is 0 Å². The molecule has 1 fully saturated rings. The number of hydrogen-bond donors (Lipinski definition) is 2. The van der Waals surface area contributed by atoms with Crippen LogP contribution in [0.4, 0.5) is 0 Å². The lowest BCUT2D eigenvalue weighted by Crippen LogP contribution is -2.40. The molecule has 0 amide bonds. The Hall–Kier alpha value is -0.120. The second-order valence-corrected chi connectivity index (χ2v) is 2.30. The average molecular weight is 131 g/mol. The molecule has 53 valence electrons. The number of hydrogen-bond acceptors (Lipinski definition) is 3. The van der Waals surface area contributed by atoms with E-state index in [0.717, 1.165) is 0 Å². The van der Waals surface area contributed by atoms with Gasteiger partial charge >= 0.3 is 0 Å². The maximum Gasteiger partial charge on any atom is 0.106 e. The molecule has 3 unspecified atom stereocenters. The zero-order valence-electron chi connectivity index (χ0n) is 5.32. The summed E-state index contributed by atoms with van der Waals surface area (Å²) >= 11 is 0. The molecule has 3 heteroatoms. The molecule has 9 heavy (non-hydrogen) atoms. The van der Waals surface area contributed by atoms with Gasteiger partial charge in [0.05, 0.1) is 18.8 Å². The third-order valence-corrected chi connectivity index (χ3v) is 1.52. The van der Waals surface area contributed by atoms with E-state index in [4.69, 9.17) is 14.9 Å². The summed E-state index contributed by atoms with van der Waals surface area (Å²) in [6, 6.07) is 0. The minimum Gasteiger partial charge on any atom is -0.390 e. The summed E-state index contributed by atoms with van der Waals surface area (Å²) in [5.41, 5.74) is 0. The van der Waals surface area contributed by atoms with E-state index in [1.807, 2.05) is 0 Å². The fraction of sp³-hybridized carbons (Fsp3) is 0.833. The highest BCUT2D eigenvalue weighted by molar-refractivity contribution is 4.81. The molecule has 1 aliphatic heterocycles. The van der Waals surface area contributed by atoms with Crippen molar-refractivity contribution in [3.05, 3.63) is 6.61 Å². The maximum absolute atomic E-state index is 9.05. The first-order chi connectivity index (χ1) is 4.22. The predicted octanol–water partition coefficient (Wildman–Crippen LogP) is -0.321. The second-order valence-electron chi connectivity index (χ2n) is 2.30. The summed E-state index contributed by atoms with van der Waals surface area (Å²) in [7, 11) is 0. The van der Waals surface area contributed by atoms with Crippen LogP contribution in [0.15, 0.2) is 0 Å². The van der Waals surface area contributed by atoms with Crippen LogP contribution in [0, 0.1) is 6.61 Å². The van der Waals surface area contributed by atoms with Crippen LogP contribution >= 0.6 is 0 Å². The van der Waals surface area contributed by atoms with Gasteiger partial charge in [0.25, 0.3) is 0 Å². The molecule has 1 heterocycles. The summed E-state index contributed by atoms with van der Waals surface area (Å²) in [5.74, 6) is 0. The van der Waals surface area contributed by atoms with Crippen LogP contribution < -0.4 is 0 Å². The monoisotopic (exact) mass is 131 g/mol. The minimum atomic E-state index is -0.727. The lowest BCUT2D eigenvalue weighted by Gasteiger charge is -2.28. The van der Waals surface area contributed by atoms with Gasteiger partial charge in [-0.2, -0.15) is 0 Å². The molecule has 0 bridgehead atoms. The maximum atomic E-state index is 9.05. The summed E-state index contributed by atoms with van der Waals surface area (Å²) < 4.78 is 4.93. The smallest absolute Gasteiger partial charge is 0.106 e. The molecule has 0 spiro atoms. The summed E-state index contributed by atoms with van der Waals surface area (Å²) in [5, 5.41) is 18.0. The van der Waals surface area contributed by atoms with E-state index in [2.05, 4.69) is 0 Å². The highest BCUT2D eigenvalue weighted by atomic mass is 16.5. The fourth-order valence-corrected chi connectivity index (χ4v) is 0.839. The van der Waals surface area contributed by atoms with Gasteiger partial charge in [0.15, 0.2) is 0 Å². The number of rotatable bonds is 0. The second kappa shape index (κ2) is 2.64. The van der Waals surface area contributed by atoms with E-state index in [0.29, 0.717) is 6.42 Å². The Morgan fingerprint density at radius 3 is 2.67 bits per heavy atom. The van der Waals surface area contributed by atoms with Crippen LogP contribution in [0.2, 0.25) is 0 Å². The zero-order valence-corrected chi connectivity index (χ0v) is 5.32. The van der Waals surface area contributed by atoms with Crippen LogP contribution in [0.25, 0.3) is 0 Å². The van der Waals surface area contributed by atoms with E-state index in [1.165, 1.54) is 6.61 Å². The van der Waals surface area contributed by atoms with Crippen molar-refractivity contribution in [2.45, 2.75) is 31.7 Å². The first-order valence-corrected chi connectivity index (χ1v) is 3.05. The molecule has 1 aliphatic rings. The van der Waals surface area contributed by atoms with Gasteiger partial charge in [0, 0.05) is 6.42 Å². The van der Waals surface area contributed by atoms with Crippen molar-refractivity contribution in [1.82, 2.24) is 0 Å². The first-order valence-electron chi connectivity index (χ1n) is 3.05. The van der Waals surface area contributed by atoms with Crippen molar-refractivity contribution in [2.24, 2.45) is 0 Å². The Labute approximate surface area is 54.3 Å². The molecule has 1 rings (SSSR count). The quantitative estimate of drug-likeness (QED) is 0.473.